The molecule has 0 aromatic rings. The van der Waals surface area contributed by atoms with E-state index in [0.29, 0.717) is 15.8 Å². The molecule has 6 aliphatic carbocycles. The zero-order valence-corrected chi connectivity index (χ0v) is 31.5. The number of hydrogen-bond acceptors (Lipinski definition) is 0. The molecule has 0 bridgehead atoms. The molecule has 0 N–H and O–H groups in total. The fourth-order valence-corrected chi connectivity index (χ4v) is 19.4. The molecule has 0 unspecified atom stereocenters. The second-order valence-corrected chi connectivity index (χ2v) is 20.8. The molecule has 0 nitrogen and oxygen atoms in total. The van der Waals surface area contributed by atoms with Crippen LogP contribution in [0.25, 0.3) is 0 Å². The summed E-state index contributed by atoms with van der Waals surface area (Å²) in [6.45, 7) is 0. The fourth-order valence-electron chi connectivity index (χ4n) is 10.1. The van der Waals surface area contributed by atoms with Crippen molar-refractivity contribution in [3.63, 3.8) is 0 Å². The SMILES string of the molecule is C1CCC(P(C2CCCCC2)C2CCCCC2)CC1.C1CCC(P(C2CCCCC2)C2CCCCC2)CC1.[RuH6]. The third-order valence-corrected chi connectivity index (χ3v) is 20.1. The molecule has 6 saturated carbocycles. The molecule has 0 aliphatic heterocycles. The second-order valence-electron chi connectivity index (χ2n) is 14.6. The molecule has 0 spiro atoms. The van der Waals surface area contributed by atoms with E-state index in [2.05, 4.69) is 0 Å². The summed E-state index contributed by atoms with van der Waals surface area (Å²) in [6, 6.07) is 0. The van der Waals surface area contributed by atoms with E-state index in [1.54, 1.807) is 154 Å². The number of hydrogen-bond donors (Lipinski definition) is 0. The molecule has 0 atom stereocenters. The molecule has 6 aliphatic rings. The normalized spacial score (nSPS) is 28.2. The van der Waals surface area contributed by atoms with Gasteiger partial charge >= 0.3 is 19.5 Å². The van der Waals surface area contributed by atoms with Crippen LogP contribution in [0.5, 0.6) is 0 Å². The Bertz CT molecular complexity index is 464. The number of rotatable bonds is 6. The van der Waals surface area contributed by atoms with Gasteiger partial charge in [-0.05, 0) is 111 Å². The van der Waals surface area contributed by atoms with Crippen LogP contribution in [0, 0.1) is 0 Å². The molecule has 0 radical (unpaired) electrons. The van der Waals surface area contributed by atoms with Gasteiger partial charge in [-0.1, -0.05) is 131 Å². The van der Waals surface area contributed by atoms with Gasteiger partial charge in [0.05, 0.1) is 0 Å². The summed E-state index contributed by atoms with van der Waals surface area (Å²) in [5.74, 6) is 0. The van der Waals surface area contributed by atoms with Gasteiger partial charge in [-0.3, -0.25) is 0 Å². The van der Waals surface area contributed by atoms with Gasteiger partial charge in [-0.2, -0.15) is 0 Å². The summed E-state index contributed by atoms with van der Waals surface area (Å²) in [6.07, 6.45) is 47.2. The van der Waals surface area contributed by atoms with Crippen LogP contribution in [0.3, 0.4) is 0 Å². The first-order valence-electron chi connectivity index (χ1n) is 18.4. The Balaban J connectivity index is 0.000000176. The van der Waals surface area contributed by atoms with E-state index in [1.807, 2.05) is 0 Å². The minimum absolute atomic E-state index is 0. The molecule has 0 amide bonds. The van der Waals surface area contributed by atoms with Crippen molar-refractivity contribution in [2.75, 3.05) is 0 Å². The van der Waals surface area contributed by atoms with E-state index in [-0.39, 0.29) is 19.5 Å². The van der Waals surface area contributed by atoms with Gasteiger partial charge in [0, 0.05) is 0 Å². The van der Waals surface area contributed by atoms with Gasteiger partial charge in [0.25, 0.3) is 0 Å². The fraction of sp³-hybridized carbons (Fsp3) is 1.00. The van der Waals surface area contributed by atoms with E-state index in [0.717, 1.165) is 0 Å². The predicted octanol–water partition coefficient (Wildman–Crippen LogP) is 11.3. The summed E-state index contributed by atoms with van der Waals surface area (Å²) in [4.78, 5) is 0. The average Bonchev–Trinajstić information content (AvgIpc) is 3.01. The van der Waals surface area contributed by atoms with Crippen molar-refractivity contribution in [2.24, 2.45) is 0 Å². The Morgan fingerprint density at radius 2 is 0.333 bits per heavy atom. The first-order chi connectivity index (χ1) is 18.9. The summed E-state index contributed by atoms with van der Waals surface area (Å²) in [5.41, 5.74) is 7.14. The summed E-state index contributed by atoms with van der Waals surface area (Å²) >= 11 is 0. The van der Waals surface area contributed by atoms with Crippen molar-refractivity contribution >= 4 is 15.8 Å². The Kier molecular flexibility index (Phi) is 16.3. The van der Waals surface area contributed by atoms with Gasteiger partial charge in [0.1, 0.15) is 0 Å². The molecule has 0 saturated heterocycles. The quantitative estimate of drug-likeness (QED) is 0.195. The Morgan fingerprint density at radius 3 is 0.462 bits per heavy atom. The standard InChI is InChI=1S/2C18H33P.Ru.6H/c2*1-4-10-16(11-5-1)19(17-12-6-2-7-13-17)18-14-8-3-9-15-18;;;;;;;/h2*16-18H,1-15H2;;;;;;;. The van der Waals surface area contributed by atoms with Crippen LogP contribution in [0.4, 0.5) is 0 Å². The molecule has 0 aromatic heterocycles. The van der Waals surface area contributed by atoms with Crippen molar-refractivity contribution < 1.29 is 19.5 Å². The Hall–Kier alpha value is 1.48. The summed E-state index contributed by atoms with van der Waals surface area (Å²) < 4.78 is 0. The molecule has 0 aromatic carbocycles. The monoisotopic (exact) mass is 668 g/mol. The summed E-state index contributed by atoms with van der Waals surface area (Å²) in [7, 11) is 0.770. The molecule has 0 heterocycles. The molecule has 3 heteroatoms. The molecule has 6 fully saturated rings. The van der Waals surface area contributed by atoms with Crippen molar-refractivity contribution in [2.45, 2.75) is 227 Å². The Labute approximate surface area is 260 Å². The topological polar surface area (TPSA) is 0 Å². The van der Waals surface area contributed by atoms with Crippen molar-refractivity contribution in [3.05, 3.63) is 0 Å². The molecular formula is C36H72P2Ru. The van der Waals surface area contributed by atoms with Crippen molar-refractivity contribution in [3.8, 4) is 0 Å². The van der Waals surface area contributed by atoms with Crippen LogP contribution in [-0.4, -0.2) is 34.0 Å². The molecular weight excluding hydrogens is 595 g/mol. The Morgan fingerprint density at radius 1 is 0.205 bits per heavy atom. The predicted molar refractivity (Wildman–Crippen MR) is 183 cm³/mol. The third kappa shape index (κ3) is 10.3. The minimum atomic E-state index is 0. The molecule has 39 heavy (non-hydrogen) atoms. The van der Waals surface area contributed by atoms with Crippen LogP contribution in [-0.2, 0) is 19.5 Å². The van der Waals surface area contributed by atoms with Gasteiger partial charge in [0.15, 0.2) is 0 Å². The van der Waals surface area contributed by atoms with E-state index >= 15 is 0 Å². The van der Waals surface area contributed by atoms with E-state index in [4.69, 9.17) is 0 Å². The first kappa shape index (κ1) is 33.4. The van der Waals surface area contributed by atoms with E-state index < -0.39 is 0 Å². The van der Waals surface area contributed by atoms with Gasteiger partial charge < -0.3 is 0 Å². The van der Waals surface area contributed by atoms with Crippen LogP contribution in [0.2, 0.25) is 0 Å². The van der Waals surface area contributed by atoms with Crippen molar-refractivity contribution in [1.29, 1.82) is 0 Å². The van der Waals surface area contributed by atoms with Gasteiger partial charge in [-0.25, -0.2) is 0 Å². The van der Waals surface area contributed by atoms with Gasteiger partial charge in [0.2, 0.25) is 0 Å². The van der Waals surface area contributed by atoms with Gasteiger partial charge in [-0.15, -0.1) is 0 Å². The third-order valence-electron chi connectivity index (χ3n) is 12.0. The van der Waals surface area contributed by atoms with Crippen molar-refractivity contribution in [1.82, 2.24) is 0 Å². The van der Waals surface area contributed by atoms with E-state index in [1.165, 1.54) is 72.5 Å². The van der Waals surface area contributed by atoms with E-state index in [9.17, 15) is 0 Å². The maximum atomic E-state index is 1.61. The zero-order chi connectivity index (χ0) is 25.8. The maximum absolute atomic E-state index is 1.61. The average molecular weight is 668 g/mol. The van der Waals surface area contributed by atoms with Crippen LogP contribution in [0.1, 0.15) is 193 Å². The zero-order valence-electron chi connectivity index (χ0n) is 26.3. The molecule has 6 rings (SSSR count). The summed E-state index contributed by atoms with van der Waals surface area (Å²) in [5, 5.41) is 0. The first-order valence-corrected chi connectivity index (χ1v) is 21.5. The van der Waals surface area contributed by atoms with Crippen LogP contribution < -0.4 is 0 Å². The van der Waals surface area contributed by atoms with Crippen LogP contribution in [0.15, 0.2) is 0 Å². The molecule has 234 valence electrons. The second kappa shape index (κ2) is 19.0. The van der Waals surface area contributed by atoms with Crippen LogP contribution >= 0.6 is 15.8 Å².